The van der Waals surface area contributed by atoms with E-state index < -0.39 is 21.6 Å². The van der Waals surface area contributed by atoms with Gasteiger partial charge >= 0.3 is 6.18 Å². The highest BCUT2D eigenvalue weighted by Crippen LogP contribution is 2.33. The van der Waals surface area contributed by atoms with Crippen LogP contribution in [0.5, 0.6) is 0 Å². The maximum atomic E-state index is 12.6. The summed E-state index contributed by atoms with van der Waals surface area (Å²) in [6.07, 6.45) is -4.11. The first-order chi connectivity index (χ1) is 9.73. The molecule has 2 rings (SSSR count). The van der Waals surface area contributed by atoms with Crippen LogP contribution in [-0.4, -0.2) is 33.0 Å². The number of rotatable bonds is 1. The van der Waals surface area contributed by atoms with Gasteiger partial charge in [-0.15, -0.1) is 0 Å². The summed E-state index contributed by atoms with van der Waals surface area (Å²) in [4.78, 5) is 1.66. The van der Waals surface area contributed by atoms with E-state index >= 15 is 0 Å². The zero-order valence-electron chi connectivity index (χ0n) is 11.0. The molecule has 0 unspecified atom stereocenters. The van der Waals surface area contributed by atoms with Crippen molar-refractivity contribution in [1.29, 1.82) is 5.26 Å². The highest BCUT2D eigenvalue weighted by molar-refractivity contribution is 7.91. The minimum atomic E-state index is -4.51. The molecule has 1 heterocycles. The van der Waals surface area contributed by atoms with E-state index in [2.05, 4.69) is 0 Å². The summed E-state index contributed by atoms with van der Waals surface area (Å²) in [6.45, 7) is 0.585. The second kappa shape index (κ2) is 5.56. The third-order valence-corrected chi connectivity index (χ3v) is 5.06. The number of sulfone groups is 1. The van der Waals surface area contributed by atoms with Crippen LogP contribution in [0, 0.1) is 11.3 Å². The standard InChI is InChI=1S/C13H13F3N2O2S/c14-13(15,16)11-2-3-12(10(8-11)9-17)18-4-1-6-21(19,20)7-5-18/h2-3,8H,1,4-7H2. The van der Waals surface area contributed by atoms with Gasteiger partial charge in [0.2, 0.25) is 0 Å². The Bertz CT molecular complexity index is 678. The molecule has 4 nitrogen and oxygen atoms in total. The third-order valence-electron chi connectivity index (χ3n) is 3.34. The maximum Gasteiger partial charge on any atom is 0.416 e. The summed E-state index contributed by atoms with van der Waals surface area (Å²) in [5, 5.41) is 9.05. The molecule has 0 atom stereocenters. The predicted octanol–water partition coefficient (Wildman–Crippen LogP) is 2.20. The van der Waals surface area contributed by atoms with Crippen molar-refractivity contribution >= 4 is 15.5 Å². The minimum Gasteiger partial charge on any atom is -0.369 e. The molecule has 0 radical (unpaired) electrons. The quantitative estimate of drug-likeness (QED) is 0.796. The second-order valence-electron chi connectivity index (χ2n) is 4.83. The van der Waals surface area contributed by atoms with E-state index in [0.29, 0.717) is 18.7 Å². The summed E-state index contributed by atoms with van der Waals surface area (Å²) < 4.78 is 61.0. The molecule has 1 fully saturated rings. The Morgan fingerprint density at radius 3 is 2.52 bits per heavy atom. The molecule has 21 heavy (non-hydrogen) atoms. The lowest BCUT2D eigenvalue weighted by Gasteiger charge is -2.23. The van der Waals surface area contributed by atoms with E-state index in [1.807, 2.05) is 0 Å². The van der Waals surface area contributed by atoms with Crippen LogP contribution in [0.4, 0.5) is 18.9 Å². The fourth-order valence-corrected chi connectivity index (χ4v) is 3.53. The van der Waals surface area contributed by atoms with Crippen molar-refractivity contribution in [3.63, 3.8) is 0 Å². The lowest BCUT2D eigenvalue weighted by Crippen LogP contribution is -2.27. The van der Waals surface area contributed by atoms with Gasteiger partial charge in [0.25, 0.3) is 0 Å². The monoisotopic (exact) mass is 318 g/mol. The van der Waals surface area contributed by atoms with Gasteiger partial charge in [-0.3, -0.25) is 0 Å². The van der Waals surface area contributed by atoms with Crippen LogP contribution in [-0.2, 0) is 16.0 Å². The minimum absolute atomic E-state index is 0.0567. The van der Waals surface area contributed by atoms with E-state index in [0.717, 1.165) is 12.1 Å². The molecule has 0 amide bonds. The van der Waals surface area contributed by atoms with Crippen LogP contribution in [0.2, 0.25) is 0 Å². The molecular weight excluding hydrogens is 305 g/mol. The lowest BCUT2D eigenvalue weighted by atomic mass is 10.1. The first kappa shape index (κ1) is 15.6. The molecule has 1 aromatic carbocycles. The molecule has 1 saturated heterocycles. The number of halogens is 3. The summed E-state index contributed by atoms with van der Waals surface area (Å²) in [6, 6.07) is 4.70. The van der Waals surface area contributed by atoms with Crippen LogP contribution < -0.4 is 4.90 Å². The average molecular weight is 318 g/mol. The summed E-state index contributed by atoms with van der Waals surface area (Å²) in [5.41, 5.74) is -0.628. The summed E-state index contributed by atoms with van der Waals surface area (Å²) >= 11 is 0. The number of anilines is 1. The van der Waals surface area contributed by atoms with Gasteiger partial charge in [0.05, 0.1) is 28.3 Å². The van der Waals surface area contributed by atoms with Gasteiger partial charge < -0.3 is 4.90 Å². The third kappa shape index (κ3) is 3.67. The second-order valence-corrected chi connectivity index (χ2v) is 7.14. The van der Waals surface area contributed by atoms with Crippen molar-refractivity contribution in [2.75, 3.05) is 29.5 Å². The number of nitrogens with zero attached hydrogens (tertiary/aromatic N) is 2. The number of hydrogen-bond donors (Lipinski definition) is 0. The number of alkyl halides is 3. The highest BCUT2D eigenvalue weighted by Gasteiger charge is 2.31. The maximum absolute atomic E-state index is 12.6. The van der Waals surface area contributed by atoms with Crippen molar-refractivity contribution in [1.82, 2.24) is 0 Å². The van der Waals surface area contributed by atoms with Crippen molar-refractivity contribution in [2.24, 2.45) is 0 Å². The van der Waals surface area contributed by atoms with Crippen molar-refractivity contribution < 1.29 is 21.6 Å². The fourth-order valence-electron chi connectivity index (χ4n) is 2.26. The predicted molar refractivity (Wildman–Crippen MR) is 71.6 cm³/mol. The fraction of sp³-hybridized carbons (Fsp3) is 0.462. The van der Waals surface area contributed by atoms with Crippen LogP contribution >= 0.6 is 0 Å². The van der Waals surface area contributed by atoms with Crippen LogP contribution in [0.15, 0.2) is 18.2 Å². The molecule has 1 aliphatic rings. The summed E-state index contributed by atoms with van der Waals surface area (Å²) in [7, 11) is -3.12. The van der Waals surface area contributed by atoms with Gasteiger partial charge in [-0.2, -0.15) is 18.4 Å². The number of benzene rings is 1. The Labute approximate surface area is 120 Å². The topological polar surface area (TPSA) is 61.2 Å². The van der Waals surface area contributed by atoms with Crippen molar-refractivity contribution in [2.45, 2.75) is 12.6 Å². The Kier molecular flexibility index (Phi) is 4.14. The molecule has 0 bridgehead atoms. The average Bonchev–Trinajstić information content (AvgIpc) is 2.58. The number of hydrogen-bond acceptors (Lipinski definition) is 4. The van der Waals surface area contributed by atoms with E-state index in [1.54, 1.807) is 11.0 Å². The first-order valence-corrected chi connectivity index (χ1v) is 8.12. The highest BCUT2D eigenvalue weighted by atomic mass is 32.2. The molecule has 114 valence electrons. The molecule has 0 spiro atoms. The zero-order valence-corrected chi connectivity index (χ0v) is 11.8. The van der Waals surface area contributed by atoms with E-state index in [4.69, 9.17) is 5.26 Å². The van der Waals surface area contributed by atoms with Crippen molar-refractivity contribution in [3.8, 4) is 6.07 Å². The summed E-state index contributed by atoms with van der Waals surface area (Å²) in [5.74, 6) is 0.00487. The van der Waals surface area contributed by atoms with Crippen LogP contribution in [0.1, 0.15) is 17.5 Å². The Morgan fingerprint density at radius 2 is 1.90 bits per heavy atom. The van der Waals surface area contributed by atoms with Gasteiger partial charge in [0.15, 0.2) is 9.84 Å². The first-order valence-electron chi connectivity index (χ1n) is 6.30. The van der Waals surface area contributed by atoms with E-state index in [9.17, 15) is 21.6 Å². The normalized spacial score (nSPS) is 18.9. The van der Waals surface area contributed by atoms with Crippen LogP contribution in [0.25, 0.3) is 0 Å². The number of nitriles is 1. The molecule has 0 saturated carbocycles. The van der Waals surface area contributed by atoms with Gasteiger partial charge in [0, 0.05) is 13.1 Å². The van der Waals surface area contributed by atoms with Crippen molar-refractivity contribution in [3.05, 3.63) is 29.3 Å². The van der Waals surface area contributed by atoms with Crippen LogP contribution in [0.3, 0.4) is 0 Å². The van der Waals surface area contributed by atoms with Gasteiger partial charge in [-0.1, -0.05) is 0 Å². The zero-order chi connectivity index (χ0) is 15.7. The van der Waals surface area contributed by atoms with Gasteiger partial charge in [0.1, 0.15) is 6.07 Å². The van der Waals surface area contributed by atoms with Gasteiger partial charge in [-0.05, 0) is 24.6 Å². The molecule has 1 aromatic rings. The Morgan fingerprint density at radius 1 is 1.19 bits per heavy atom. The molecule has 8 heteroatoms. The lowest BCUT2D eigenvalue weighted by molar-refractivity contribution is -0.137. The molecule has 0 aliphatic carbocycles. The molecule has 0 aromatic heterocycles. The Balaban J connectivity index is 2.34. The van der Waals surface area contributed by atoms with E-state index in [-0.39, 0.29) is 23.6 Å². The smallest absolute Gasteiger partial charge is 0.369 e. The van der Waals surface area contributed by atoms with E-state index in [1.165, 1.54) is 6.07 Å². The SMILES string of the molecule is N#Cc1cc(C(F)(F)F)ccc1N1CCCS(=O)(=O)CC1. The molecule has 0 N–H and O–H groups in total. The van der Waals surface area contributed by atoms with Gasteiger partial charge in [-0.25, -0.2) is 8.42 Å². The largest absolute Gasteiger partial charge is 0.416 e. The molecular formula is C13H13F3N2O2S. The Hall–Kier alpha value is -1.75. The molecule has 1 aliphatic heterocycles.